The van der Waals surface area contributed by atoms with Crippen molar-refractivity contribution < 1.29 is 42.5 Å². The Morgan fingerprint density at radius 1 is 1.07 bits per heavy atom. The minimum Gasteiger partial charge on any atom is -0.480 e. The molecule has 17 heteroatoms. The molecule has 1 aromatic heterocycles. The number of carboxylic acids is 2. The lowest BCUT2D eigenvalue weighted by Gasteiger charge is -2.38. The number of carboxylic acid groups (broad SMARTS) is 2. The predicted octanol–water partition coefficient (Wildman–Crippen LogP) is 2.04. The minimum absolute atomic E-state index is 0.0346. The highest BCUT2D eigenvalue weighted by atomic mass is 35.5. The molecule has 2 saturated heterocycles. The van der Waals surface area contributed by atoms with Crippen LogP contribution in [0, 0.1) is 5.82 Å². The van der Waals surface area contributed by atoms with Gasteiger partial charge in [-0.3, -0.25) is 9.59 Å². The molecule has 0 saturated carbocycles. The number of carbonyl (C=O) groups is 3. The van der Waals surface area contributed by atoms with E-state index in [1.165, 1.54) is 47.4 Å². The van der Waals surface area contributed by atoms with Gasteiger partial charge in [0.05, 0.1) is 22.3 Å². The van der Waals surface area contributed by atoms with Crippen LogP contribution in [0.25, 0.3) is 0 Å². The summed E-state index contributed by atoms with van der Waals surface area (Å²) in [4.78, 5) is 44.2. The monoisotopic (exact) mass is 664 g/mol. The molecule has 0 aliphatic carbocycles. The first-order valence-corrected chi connectivity index (χ1v) is 15.7. The number of rotatable bonds is 9. The van der Waals surface area contributed by atoms with Crippen LogP contribution < -0.4 is 4.90 Å². The van der Waals surface area contributed by atoms with Gasteiger partial charge < -0.3 is 20.2 Å². The summed E-state index contributed by atoms with van der Waals surface area (Å²) in [6.45, 7) is -0.102. The van der Waals surface area contributed by atoms with E-state index in [9.17, 15) is 42.5 Å². The first kappa shape index (κ1) is 32.4. The van der Waals surface area contributed by atoms with Gasteiger partial charge in [-0.15, -0.1) is 5.10 Å². The van der Waals surface area contributed by atoms with E-state index in [0.29, 0.717) is 5.56 Å². The SMILES string of the molecule is CN(Cc1ccc(F)cc1)c1nc(C2CCCN(S(=O)(=O)N3CCC(O)C3)C2C(=O)O)nn1C(=O)c1cccc(C(=O)O)c1Cl. The normalized spacial score (nSPS) is 21.1. The fraction of sp³-hybridized carbons (Fsp3) is 0.393. The summed E-state index contributed by atoms with van der Waals surface area (Å²) in [6.07, 6.45) is -0.199. The fourth-order valence-electron chi connectivity index (χ4n) is 5.63. The van der Waals surface area contributed by atoms with Crippen LogP contribution in [0.5, 0.6) is 0 Å². The zero-order valence-corrected chi connectivity index (χ0v) is 25.5. The molecule has 3 atom stereocenters. The second kappa shape index (κ2) is 12.8. The molecule has 3 N–H and O–H groups in total. The molecular formula is C28H30ClFN6O8S. The predicted molar refractivity (Wildman–Crippen MR) is 158 cm³/mol. The van der Waals surface area contributed by atoms with E-state index in [1.807, 2.05) is 0 Å². The second-order valence-electron chi connectivity index (χ2n) is 10.9. The van der Waals surface area contributed by atoms with Gasteiger partial charge in [0.15, 0.2) is 5.82 Å². The molecule has 14 nitrogen and oxygen atoms in total. The van der Waals surface area contributed by atoms with E-state index in [0.717, 1.165) is 13.3 Å². The van der Waals surface area contributed by atoms with Gasteiger partial charge in [0.1, 0.15) is 11.9 Å². The zero-order chi connectivity index (χ0) is 32.6. The van der Waals surface area contributed by atoms with Crippen LogP contribution in [0.3, 0.4) is 0 Å². The Bertz CT molecular complexity index is 1740. The number of aliphatic carboxylic acids is 1. The number of carbonyl (C=O) groups excluding carboxylic acids is 1. The van der Waals surface area contributed by atoms with Crippen LogP contribution in [0.15, 0.2) is 42.5 Å². The van der Waals surface area contributed by atoms with Crippen molar-refractivity contribution in [3.05, 3.63) is 75.8 Å². The number of halogens is 2. The van der Waals surface area contributed by atoms with Crippen molar-refractivity contribution in [1.82, 2.24) is 23.4 Å². The summed E-state index contributed by atoms with van der Waals surface area (Å²) in [7, 11) is -2.72. The number of β-amino-alcohol motifs (C(OH)–C–C–N with tert-alkyl or cyclic N) is 1. The minimum atomic E-state index is -4.29. The molecule has 0 spiro atoms. The molecule has 45 heavy (non-hydrogen) atoms. The quantitative estimate of drug-likeness (QED) is 0.304. The van der Waals surface area contributed by atoms with Gasteiger partial charge in [-0.25, -0.2) is 9.18 Å². The topological polar surface area (TPSA) is 186 Å². The number of anilines is 1. The fourth-order valence-corrected chi connectivity index (χ4v) is 7.79. The lowest BCUT2D eigenvalue weighted by Crippen LogP contribution is -2.55. The number of hydrogen-bond acceptors (Lipinski definition) is 9. The number of benzene rings is 2. The molecule has 5 rings (SSSR count). The molecule has 0 bridgehead atoms. The molecule has 2 fully saturated rings. The van der Waals surface area contributed by atoms with Crippen molar-refractivity contribution in [3.63, 3.8) is 0 Å². The Morgan fingerprint density at radius 3 is 2.38 bits per heavy atom. The van der Waals surface area contributed by atoms with Gasteiger partial charge in [-0.2, -0.15) is 26.7 Å². The molecule has 0 amide bonds. The Hall–Kier alpha value is -3.96. The number of aromatic nitrogens is 3. The van der Waals surface area contributed by atoms with E-state index in [-0.39, 0.29) is 73.4 Å². The van der Waals surface area contributed by atoms with E-state index in [4.69, 9.17) is 11.6 Å². The highest BCUT2D eigenvalue weighted by molar-refractivity contribution is 7.86. The number of nitrogens with zero attached hydrogens (tertiary/aromatic N) is 6. The van der Waals surface area contributed by atoms with E-state index in [1.54, 1.807) is 7.05 Å². The van der Waals surface area contributed by atoms with Gasteiger partial charge in [-0.1, -0.05) is 29.8 Å². The third-order valence-electron chi connectivity index (χ3n) is 7.85. The number of aliphatic hydroxyl groups excluding tert-OH is 1. The third kappa shape index (κ3) is 6.41. The van der Waals surface area contributed by atoms with E-state index < -0.39 is 51.9 Å². The summed E-state index contributed by atoms with van der Waals surface area (Å²) < 4.78 is 43.4. The highest BCUT2D eigenvalue weighted by Gasteiger charge is 2.48. The first-order valence-electron chi connectivity index (χ1n) is 14.0. The Balaban J connectivity index is 1.58. The summed E-state index contributed by atoms with van der Waals surface area (Å²) in [5.41, 5.74) is 0.106. The average molecular weight is 665 g/mol. The lowest BCUT2D eigenvalue weighted by molar-refractivity contribution is -0.143. The molecule has 0 radical (unpaired) electrons. The Kier molecular flexibility index (Phi) is 9.23. The summed E-state index contributed by atoms with van der Waals surface area (Å²) in [5.74, 6) is -5.38. The molecule has 3 unspecified atom stereocenters. The molecule has 2 aliphatic heterocycles. The number of aromatic carboxylic acids is 1. The van der Waals surface area contributed by atoms with Crippen LogP contribution >= 0.6 is 11.6 Å². The summed E-state index contributed by atoms with van der Waals surface area (Å²) >= 11 is 6.30. The first-order chi connectivity index (χ1) is 21.3. The van der Waals surface area contributed by atoms with Crippen LogP contribution in [-0.2, 0) is 21.5 Å². The lowest BCUT2D eigenvalue weighted by atomic mass is 9.90. The van der Waals surface area contributed by atoms with Gasteiger partial charge in [0, 0.05) is 39.1 Å². The maximum absolute atomic E-state index is 13.9. The summed E-state index contributed by atoms with van der Waals surface area (Å²) in [5, 5.41) is 33.8. The third-order valence-corrected chi connectivity index (χ3v) is 10.2. The van der Waals surface area contributed by atoms with E-state index >= 15 is 0 Å². The van der Waals surface area contributed by atoms with Gasteiger partial charge >= 0.3 is 11.9 Å². The van der Waals surface area contributed by atoms with Crippen molar-refractivity contribution >= 4 is 45.6 Å². The van der Waals surface area contributed by atoms with Crippen molar-refractivity contribution in [2.24, 2.45) is 0 Å². The molecule has 240 valence electrons. The highest BCUT2D eigenvalue weighted by Crippen LogP contribution is 2.36. The summed E-state index contributed by atoms with van der Waals surface area (Å²) in [6, 6.07) is 7.82. The van der Waals surface area contributed by atoms with Crippen molar-refractivity contribution in [3.8, 4) is 0 Å². The van der Waals surface area contributed by atoms with Crippen molar-refractivity contribution in [1.29, 1.82) is 0 Å². The number of piperidine rings is 1. The van der Waals surface area contributed by atoms with Gasteiger partial charge in [0.2, 0.25) is 5.95 Å². The zero-order valence-electron chi connectivity index (χ0n) is 24.0. The molecule has 3 aromatic rings. The number of aliphatic hydroxyl groups is 1. The number of hydrogen-bond donors (Lipinski definition) is 3. The molecule has 2 aromatic carbocycles. The Morgan fingerprint density at radius 2 is 1.76 bits per heavy atom. The van der Waals surface area contributed by atoms with Gasteiger partial charge in [-0.05, 0) is 49.1 Å². The van der Waals surface area contributed by atoms with E-state index in [2.05, 4.69) is 10.1 Å². The average Bonchev–Trinajstić information content (AvgIpc) is 3.65. The largest absolute Gasteiger partial charge is 0.480 e. The molecule has 2 aliphatic rings. The van der Waals surface area contributed by atoms with Gasteiger partial charge in [0.25, 0.3) is 16.1 Å². The van der Waals surface area contributed by atoms with Crippen molar-refractivity contribution in [2.75, 3.05) is 31.6 Å². The standard InChI is InChI=1S/C28H30ClFN6O8S/c1-33(14-16-7-9-17(30)10-8-16)28-31-24(32-36(28)25(38)19-4-2-5-20(22(19)29)26(39)40)21-6-3-12-35(23(21)27(41)42)45(43,44)34-13-11-18(37)15-34/h2,4-5,7-10,18,21,23,37H,3,6,11-15H2,1H3,(H,39,40)(H,41,42). The molecule has 3 heterocycles. The second-order valence-corrected chi connectivity index (χ2v) is 13.2. The maximum atomic E-state index is 13.9. The van der Waals surface area contributed by atoms with Crippen molar-refractivity contribution in [2.45, 2.75) is 43.9 Å². The molecular weight excluding hydrogens is 635 g/mol. The van der Waals surface area contributed by atoms with Crippen LogP contribution in [0.2, 0.25) is 5.02 Å². The van der Waals surface area contributed by atoms with Crippen LogP contribution in [0.1, 0.15) is 57.3 Å². The van der Waals surface area contributed by atoms with Crippen LogP contribution in [-0.4, -0.2) is 104 Å². The maximum Gasteiger partial charge on any atom is 0.337 e. The van der Waals surface area contributed by atoms with Crippen LogP contribution in [0.4, 0.5) is 10.3 Å². The Labute approximate surface area is 262 Å². The smallest absolute Gasteiger partial charge is 0.337 e.